The summed E-state index contributed by atoms with van der Waals surface area (Å²) in [5, 5.41) is 2.27. The fraction of sp³-hybridized carbons (Fsp3) is 0. The van der Waals surface area contributed by atoms with Gasteiger partial charge in [-0.2, -0.15) is 0 Å². The van der Waals surface area contributed by atoms with Crippen LogP contribution < -0.4 is 9.64 Å². The first-order valence-corrected chi connectivity index (χ1v) is 18.4. The number of ether oxygens (including phenoxy) is 1. The summed E-state index contributed by atoms with van der Waals surface area (Å²) in [7, 11) is 0. The molecule has 1 aliphatic rings. The second-order valence-electron chi connectivity index (χ2n) is 13.7. The van der Waals surface area contributed by atoms with E-state index in [1.165, 1.54) is 38.9 Å². The first-order chi connectivity index (χ1) is 26.8. The maximum absolute atomic E-state index is 6.81. The molecule has 54 heavy (non-hydrogen) atoms. The highest BCUT2D eigenvalue weighted by Crippen LogP contribution is 2.52. The van der Waals surface area contributed by atoms with Crippen LogP contribution in [0.25, 0.3) is 66.4 Å². The van der Waals surface area contributed by atoms with Crippen LogP contribution in [0.15, 0.2) is 212 Å². The quantitative estimate of drug-likeness (QED) is 0.172. The van der Waals surface area contributed by atoms with Crippen LogP contribution in [0.5, 0.6) is 11.5 Å². The van der Waals surface area contributed by atoms with Crippen molar-refractivity contribution in [1.29, 1.82) is 0 Å². The molecule has 1 heterocycles. The Labute approximate surface area is 315 Å². The van der Waals surface area contributed by atoms with Crippen LogP contribution in [0.4, 0.5) is 17.1 Å². The fourth-order valence-electron chi connectivity index (χ4n) is 7.87. The number of hydrogen-bond acceptors (Lipinski definition) is 2. The second kappa shape index (κ2) is 13.4. The summed E-state index contributed by atoms with van der Waals surface area (Å²) < 4.78 is 6.81. The minimum atomic E-state index is 0.869. The molecule has 0 N–H and O–H groups in total. The van der Waals surface area contributed by atoms with E-state index in [1.807, 2.05) is 6.07 Å². The van der Waals surface area contributed by atoms with Gasteiger partial charge in [-0.1, -0.05) is 164 Å². The van der Waals surface area contributed by atoms with E-state index < -0.39 is 0 Å². The lowest BCUT2D eigenvalue weighted by Crippen LogP contribution is -2.10. The van der Waals surface area contributed by atoms with Crippen LogP contribution >= 0.6 is 0 Å². The smallest absolute Gasteiger partial charge is 0.143 e. The predicted molar refractivity (Wildman–Crippen MR) is 226 cm³/mol. The normalized spacial score (nSPS) is 11.5. The van der Waals surface area contributed by atoms with Crippen molar-refractivity contribution >= 4 is 27.8 Å². The average molecular weight is 690 g/mol. The van der Waals surface area contributed by atoms with Gasteiger partial charge in [-0.05, 0) is 92.9 Å². The molecule has 0 unspecified atom stereocenters. The minimum Gasteiger partial charge on any atom is -0.455 e. The Morgan fingerprint density at radius 2 is 0.870 bits per heavy atom. The molecule has 9 aromatic rings. The van der Waals surface area contributed by atoms with Crippen molar-refractivity contribution in [2.75, 3.05) is 4.90 Å². The van der Waals surface area contributed by atoms with Crippen molar-refractivity contribution in [2.45, 2.75) is 0 Å². The number of nitrogens with zero attached hydrogens (tertiary/aromatic N) is 1. The lowest BCUT2D eigenvalue weighted by molar-refractivity contribution is 0.493. The summed E-state index contributed by atoms with van der Waals surface area (Å²) in [4.78, 5) is 2.35. The van der Waals surface area contributed by atoms with E-state index in [9.17, 15) is 0 Å². The van der Waals surface area contributed by atoms with Crippen molar-refractivity contribution in [2.24, 2.45) is 0 Å². The molecule has 254 valence electrons. The van der Waals surface area contributed by atoms with Gasteiger partial charge >= 0.3 is 0 Å². The molecule has 0 bridgehead atoms. The van der Waals surface area contributed by atoms with E-state index in [0.29, 0.717) is 0 Å². The molecular formula is C52H35NO. The molecule has 9 aromatic carbocycles. The molecule has 0 radical (unpaired) electrons. The first-order valence-electron chi connectivity index (χ1n) is 18.4. The molecule has 0 spiro atoms. The average Bonchev–Trinajstić information content (AvgIpc) is 3.40. The highest BCUT2D eigenvalue weighted by molar-refractivity contribution is 6.04. The highest BCUT2D eigenvalue weighted by Gasteiger charge is 2.25. The summed E-state index contributed by atoms with van der Waals surface area (Å²) in [5.41, 5.74) is 14.9. The van der Waals surface area contributed by atoms with Crippen LogP contribution in [-0.2, 0) is 0 Å². The van der Waals surface area contributed by atoms with Crippen LogP contribution in [-0.4, -0.2) is 0 Å². The lowest BCUT2D eigenvalue weighted by atomic mass is 9.87. The molecule has 0 amide bonds. The Kier molecular flexibility index (Phi) is 7.85. The zero-order valence-electron chi connectivity index (χ0n) is 29.6. The molecule has 0 saturated heterocycles. The molecule has 0 saturated carbocycles. The van der Waals surface area contributed by atoms with Gasteiger partial charge in [0, 0.05) is 39.1 Å². The minimum absolute atomic E-state index is 0.869. The van der Waals surface area contributed by atoms with Crippen molar-refractivity contribution in [3.63, 3.8) is 0 Å². The first kappa shape index (κ1) is 31.6. The van der Waals surface area contributed by atoms with Crippen molar-refractivity contribution < 1.29 is 4.74 Å². The molecule has 2 heteroatoms. The maximum Gasteiger partial charge on any atom is 0.143 e. The third-order valence-corrected chi connectivity index (χ3v) is 10.5. The lowest BCUT2D eigenvalue weighted by Gasteiger charge is -2.26. The van der Waals surface area contributed by atoms with E-state index >= 15 is 0 Å². The standard InChI is InChI=1S/C52H35NO/c1-3-13-36(14-4-1)38-25-30-42(31-26-38)53(44-19-11-18-41(35-44)37-15-5-2-6-16-37)43-32-27-40(28-33-43)45-22-12-23-48-47-21-9-10-24-50(47)54-52-46-20-8-7-17-39(46)29-34-49(52)51(45)48/h1-35H. The molecule has 0 aromatic heterocycles. The summed E-state index contributed by atoms with van der Waals surface area (Å²) in [5.74, 6) is 1.76. The Bertz CT molecular complexity index is 2770. The zero-order chi connectivity index (χ0) is 35.8. The summed E-state index contributed by atoms with van der Waals surface area (Å²) in [6.45, 7) is 0. The number of para-hydroxylation sites is 1. The topological polar surface area (TPSA) is 12.5 Å². The molecular weight excluding hydrogens is 655 g/mol. The van der Waals surface area contributed by atoms with Gasteiger partial charge in [0.15, 0.2) is 0 Å². The Morgan fingerprint density at radius 3 is 1.63 bits per heavy atom. The number of fused-ring (bicyclic) bond motifs is 7. The molecule has 0 atom stereocenters. The predicted octanol–water partition coefficient (Wildman–Crippen LogP) is 14.8. The molecule has 2 nitrogen and oxygen atoms in total. The molecule has 10 rings (SSSR count). The van der Waals surface area contributed by atoms with E-state index in [-0.39, 0.29) is 0 Å². The number of anilines is 3. The number of benzene rings is 9. The third-order valence-electron chi connectivity index (χ3n) is 10.5. The summed E-state index contributed by atoms with van der Waals surface area (Å²) in [6.07, 6.45) is 0. The Hall–Kier alpha value is -7.16. The van der Waals surface area contributed by atoms with E-state index in [1.54, 1.807) is 0 Å². The van der Waals surface area contributed by atoms with E-state index in [0.717, 1.165) is 56.0 Å². The largest absolute Gasteiger partial charge is 0.455 e. The SMILES string of the molecule is c1ccc(-c2ccc(N(c3ccc(-c4cccc5c4-c4ccc6ccccc6c4Oc4ccccc4-5)cc3)c3cccc(-c4ccccc4)c3)cc2)cc1. The van der Waals surface area contributed by atoms with Crippen molar-refractivity contribution in [3.8, 4) is 67.1 Å². The van der Waals surface area contributed by atoms with Gasteiger partial charge in [0.2, 0.25) is 0 Å². The Balaban J connectivity index is 1.11. The monoisotopic (exact) mass is 689 g/mol. The fourth-order valence-corrected chi connectivity index (χ4v) is 7.87. The molecule has 1 aliphatic heterocycles. The van der Waals surface area contributed by atoms with E-state index in [4.69, 9.17) is 4.74 Å². The van der Waals surface area contributed by atoms with Gasteiger partial charge in [-0.15, -0.1) is 0 Å². The van der Waals surface area contributed by atoms with Gasteiger partial charge in [0.1, 0.15) is 11.5 Å². The van der Waals surface area contributed by atoms with Gasteiger partial charge in [0.05, 0.1) is 0 Å². The summed E-state index contributed by atoms with van der Waals surface area (Å²) >= 11 is 0. The maximum atomic E-state index is 6.81. The van der Waals surface area contributed by atoms with Gasteiger partial charge < -0.3 is 9.64 Å². The van der Waals surface area contributed by atoms with Crippen LogP contribution in [0.2, 0.25) is 0 Å². The molecule has 0 fully saturated rings. The zero-order valence-corrected chi connectivity index (χ0v) is 29.6. The van der Waals surface area contributed by atoms with Crippen molar-refractivity contribution in [3.05, 3.63) is 212 Å². The van der Waals surface area contributed by atoms with Gasteiger partial charge in [-0.25, -0.2) is 0 Å². The molecule has 0 aliphatic carbocycles. The summed E-state index contributed by atoms with van der Waals surface area (Å²) in [6, 6.07) is 75.8. The van der Waals surface area contributed by atoms with Crippen LogP contribution in [0, 0.1) is 0 Å². The van der Waals surface area contributed by atoms with Gasteiger partial charge in [0.25, 0.3) is 0 Å². The van der Waals surface area contributed by atoms with E-state index in [2.05, 4.69) is 211 Å². The van der Waals surface area contributed by atoms with Crippen LogP contribution in [0.1, 0.15) is 0 Å². The number of rotatable bonds is 6. The highest BCUT2D eigenvalue weighted by atomic mass is 16.5. The third kappa shape index (κ3) is 5.62. The van der Waals surface area contributed by atoms with Crippen molar-refractivity contribution in [1.82, 2.24) is 0 Å². The Morgan fingerprint density at radius 1 is 0.315 bits per heavy atom. The van der Waals surface area contributed by atoms with Gasteiger partial charge in [-0.3, -0.25) is 0 Å². The second-order valence-corrected chi connectivity index (χ2v) is 13.7. The van der Waals surface area contributed by atoms with Crippen LogP contribution in [0.3, 0.4) is 0 Å². The number of hydrogen-bond donors (Lipinski definition) is 0.